The molecule has 1 aliphatic carbocycles. The molecule has 1 aliphatic rings. The van der Waals surface area contributed by atoms with Gasteiger partial charge in [-0.3, -0.25) is 0 Å². The predicted octanol–water partition coefficient (Wildman–Crippen LogP) is 2.25. The van der Waals surface area contributed by atoms with Gasteiger partial charge in [0.05, 0.1) is 29.5 Å². The highest BCUT2D eigenvalue weighted by Gasteiger charge is 2.44. The molecule has 8 nitrogen and oxygen atoms in total. The summed E-state index contributed by atoms with van der Waals surface area (Å²) in [6.45, 7) is 1.27. The molecule has 4 aromatic rings. The van der Waals surface area contributed by atoms with Gasteiger partial charge in [-0.2, -0.15) is 5.10 Å². The van der Waals surface area contributed by atoms with Gasteiger partial charge in [0.15, 0.2) is 11.5 Å². The molecule has 30 heavy (non-hydrogen) atoms. The number of fused-ring (bicyclic) bond motifs is 2. The number of aryl methyl sites for hydroxylation is 1. The number of nitrogens with two attached hydrogens (primary N) is 1. The fourth-order valence-electron chi connectivity index (χ4n) is 4.17. The maximum absolute atomic E-state index is 13.0. The van der Waals surface area contributed by atoms with Crippen molar-refractivity contribution in [1.82, 2.24) is 34.4 Å². The van der Waals surface area contributed by atoms with Gasteiger partial charge in [0.1, 0.15) is 11.3 Å². The molecule has 156 valence electrons. The maximum Gasteiger partial charge on any atom is 0.256 e. The van der Waals surface area contributed by atoms with Crippen LogP contribution in [0.4, 0.5) is 8.78 Å². The molecule has 0 atom stereocenters. The highest BCUT2D eigenvalue weighted by Crippen LogP contribution is 2.37. The molecule has 0 saturated heterocycles. The van der Waals surface area contributed by atoms with E-state index in [2.05, 4.69) is 25.4 Å². The van der Waals surface area contributed by atoms with Crippen LogP contribution < -0.4 is 11.1 Å². The van der Waals surface area contributed by atoms with Gasteiger partial charge in [0, 0.05) is 17.8 Å². The van der Waals surface area contributed by atoms with Crippen molar-refractivity contribution in [1.29, 1.82) is 0 Å². The monoisotopic (exact) mass is 412 g/mol. The molecule has 0 aromatic carbocycles. The normalized spacial score (nSPS) is 21.6. The van der Waals surface area contributed by atoms with Crippen LogP contribution >= 0.6 is 0 Å². The molecule has 4 heterocycles. The van der Waals surface area contributed by atoms with E-state index in [1.807, 2.05) is 25.4 Å². The molecule has 5 rings (SSSR count). The van der Waals surface area contributed by atoms with E-state index in [0.29, 0.717) is 34.5 Å². The first-order chi connectivity index (χ1) is 14.4. The second kappa shape index (κ2) is 6.78. The van der Waals surface area contributed by atoms with Crippen LogP contribution in [0.3, 0.4) is 0 Å². The van der Waals surface area contributed by atoms with Crippen molar-refractivity contribution in [3.63, 3.8) is 0 Å². The van der Waals surface area contributed by atoms with Crippen LogP contribution in [-0.4, -0.2) is 48.6 Å². The van der Waals surface area contributed by atoms with E-state index < -0.39 is 18.5 Å². The van der Waals surface area contributed by atoms with Crippen molar-refractivity contribution in [3.05, 3.63) is 42.2 Å². The first-order valence-corrected chi connectivity index (χ1v) is 9.81. The Bertz CT molecular complexity index is 1240. The Morgan fingerprint density at radius 2 is 2.07 bits per heavy atom. The molecule has 0 aliphatic heterocycles. The van der Waals surface area contributed by atoms with E-state index in [9.17, 15) is 8.78 Å². The molecule has 0 unspecified atom stereocenters. The average molecular weight is 412 g/mol. The van der Waals surface area contributed by atoms with Gasteiger partial charge in [-0.1, -0.05) is 0 Å². The SMILES string of the molecule is CNC1CC(N)(c2ncc3c(-c4ccc5nc(C)n(CC(F)F)c5n4)ccn3n2)C1. The largest absolute Gasteiger partial charge is 0.319 e. The summed E-state index contributed by atoms with van der Waals surface area (Å²) < 4.78 is 29.2. The second-order valence-corrected chi connectivity index (χ2v) is 7.89. The van der Waals surface area contributed by atoms with Gasteiger partial charge in [-0.15, -0.1) is 0 Å². The van der Waals surface area contributed by atoms with Crippen molar-refractivity contribution < 1.29 is 8.78 Å². The molecular formula is C20H22F2N8. The van der Waals surface area contributed by atoms with E-state index in [0.717, 1.165) is 23.9 Å². The lowest BCUT2D eigenvalue weighted by Crippen LogP contribution is -2.57. The quantitative estimate of drug-likeness (QED) is 0.522. The van der Waals surface area contributed by atoms with Crippen LogP contribution in [0.5, 0.6) is 0 Å². The maximum atomic E-state index is 13.0. The number of pyridine rings is 1. The lowest BCUT2D eigenvalue weighted by molar-refractivity contribution is 0.127. The first kappa shape index (κ1) is 19.0. The van der Waals surface area contributed by atoms with Gasteiger partial charge in [0.2, 0.25) is 0 Å². The van der Waals surface area contributed by atoms with Crippen molar-refractivity contribution in [3.8, 4) is 11.3 Å². The summed E-state index contributed by atoms with van der Waals surface area (Å²) in [5, 5.41) is 7.83. The molecule has 10 heteroatoms. The molecule has 0 spiro atoms. The zero-order valence-corrected chi connectivity index (χ0v) is 16.7. The molecule has 1 saturated carbocycles. The van der Waals surface area contributed by atoms with E-state index >= 15 is 0 Å². The fraction of sp³-hybridized carbons (Fsp3) is 0.400. The number of hydrogen-bond donors (Lipinski definition) is 2. The number of halogens is 2. The zero-order chi connectivity index (χ0) is 21.0. The molecule has 3 N–H and O–H groups in total. The van der Waals surface area contributed by atoms with Crippen LogP contribution in [0, 0.1) is 6.92 Å². The molecule has 0 amide bonds. The third kappa shape index (κ3) is 2.94. The smallest absolute Gasteiger partial charge is 0.256 e. The molecule has 4 aromatic heterocycles. The topological polar surface area (TPSA) is 98.9 Å². The fourth-order valence-corrected chi connectivity index (χ4v) is 4.17. The van der Waals surface area contributed by atoms with Crippen LogP contribution in [0.25, 0.3) is 27.9 Å². The summed E-state index contributed by atoms with van der Waals surface area (Å²) in [5.41, 5.74) is 9.21. The summed E-state index contributed by atoms with van der Waals surface area (Å²) in [7, 11) is 1.92. The van der Waals surface area contributed by atoms with Crippen LogP contribution in [-0.2, 0) is 12.1 Å². The van der Waals surface area contributed by atoms with Crippen molar-refractivity contribution in [2.24, 2.45) is 5.73 Å². The molecule has 0 radical (unpaired) electrons. The second-order valence-electron chi connectivity index (χ2n) is 7.89. The van der Waals surface area contributed by atoms with Gasteiger partial charge >= 0.3 is 0 Å². The first-order valence-electron chi connectivity index (χ1n) is 9.81. The average Bonchev–Trinajstić information content (AvgIpc) is 3.25. The van der Waals surface area contributed by atoms with Crippen LogP contribution in [0.15, 0.2) is 30.6 Å². The minimum atomic E-state index is -2.48. The number of alkyl halides is 2. The number of nitrogens with zero attached hydrogens (tertiary/aromatic N) is 6. The summed E-state index contributed by atoms with van der Waals surface area (Å²) in [6.07, 6.45) is 2.67. The Hall–Kier alpha value is -2.98. The number of rotatable bonds is 5. The highest BCUT2D eigenvalue weighted by atomic mass is 19.3. The summed E-state index contributed by atoms with van der Waals surface area (Å²) in [4.78, 5) is 13.5. The number of hydrogen-bond acceptors (Lipinski definition) is 6. The Morgan fingerprint density at radius 3 is 2.80 bits per heavy atom. The summed E-state index contributed by atoms with van der Waals surface area (Å²) in [6, 6.07) is 5.90. The standard InChI is InChI=1S/C20H22F2N8/c1-11-26-15-4-3-14(27-18(15)29(11)10-17(21)22)13-5-6-30-16(13)9-25-19(28-30)20(23)7-12(8-20)24-2/h3-6,9,12,17,24H,7-8,10,23H2,1-2H3. The van der Waals surface area contributed by atoms with E-state index in [4.69, 9.17) is 5.73 Å². The van der Waals surface area contributed by atoms with Gasteiger partial charge in [-0.05, 0) is 45.0 Å². The molecule has 0 bridgehead atoms. The van der Waals surface area contributed by atoms with Gasteiger partial charge in [-0.25, -0.2) is 28.2 Å². The third-order valence-electron chi connectivity index (χ3n) is 5.87. The number of nitrogens with one attached hydrogen (secondary N) is 1. The van der Waals surface area contributed by atoms with Crippen molar-refractivity contribution in [2.75, 3.05) is 7.05 Å². The van der Waals surface area contributed by atoms with Crippen molar-refractivity contribution in [2.45, 2.75) is 44.3 Å². The molecule has 1 fully saturated rings. The predicted molar refractivity (Wildman–Crippen MR) is 108 cm³/mol. The zero-order valence-electron chi connectivity index (χ0n) is 16.7. The summed E-state index contributed by atoms with van der Waals surface area (Å²) in [5.74, 6) is 1.12. The van der Waals surface area contributed by atoms with Gasteiger partial charge < -0.3 is 15.6 Å². The number of imidazole rings is 1. The van der Waals surface area contributed by atoms with Crippen LogP contribution in [0.2, 0.25) is 0 Å². The van der Waals surface area contributed by atoms with E-state index in [1.54, 1.807) is 23.7 Å². The Balaban J connectivity index is 1.54. The lowest BCUT2D eigenvalue weighted by Gasteiger charge is -2.43. The molecular weight excluding hydrogens is 390 g/mol. The Morgan fingerprint density at radius 1 is 1.27 bits per heavy atom. The third-order valence-corrected chi connectivity index (χ3v) is 5.87. The Labute approximate surface area is 171 Å². The van der Waals surface area contributed by atoms with E-state index in [-0.39, 0.29) is 0 Å². The van der Waals surface area contributed by atoms with Crippen LogP contribution in [0.1, 0.15) is 24.5 Å². The minimum Gasteiger partial charge on any atom is -0.319 e. The minimum absolute atomic E-state index is 0.381. The van der Waals surface area contributed by atoms with E-state index in [1.165, 1.54) is 4.57 Å². The highest BCUT2D eigenvalue weighted by molar-refractivity contribution is 5.82. The Kier molecular flexibility index (Phi) is 4.30. The number of aromatic nitrogens is 6. The lowest BCUT2D eigenvalue weighted by atomic mass is 9.73. The summed E-state index contributed by atoms with van der Waals surface area (Å²) >= 11 is 0. The van der Waals surface area contributed by atoms with Gasteiger partial charge in [0.25, 0.3) is 6.43 Å². The van der Waals surface area contributed by atoms with Crippen molar-refractivity contribution >= 4 is 16.7 Å².